The van der Waals surface area contributed by atoms with Gasteiger partial charge in [-0.25, -0.2) is 14.1 Å². The third kappa shape index (κ3) is 2.38. The average molecular weight is 372 g/mol. The standard InChI is InChI=1S/C17H20N6O2S/c18-26(25,13-5-9-19-22-13)23-16(24)21-14-10-2-1-3-12(10)20-15-11(14)4-6-17(15)7-8-17/h5,9H,1-4,6-8H2,(H,19,22)(H3,18,20,21,23,24,25). The number of carbonyl (C=O) groups is 1. The second-order valence-electron chi connectivity index (χ2n) is 7.38. The van der Waals surface area contributed by atoms with Crippen molar-refractivity contribution in [2.75, 3.05) is 5.32 Å². The average Bonchev–Trinajstić information content (AvgIpc) is 3.01. The van der Waals surface area contributed by atoms with Gasteiger partial charge in [0.25, 0.3) is 0 Å². The molecule has 2 amide bonds. The molecule has 5 rings (SSSR count). The van der Waals surface area contributed by atoms with Crippen LogP contribution >= 0.6 is 0 Å². The van der Waals surface area contributed by atoms with Crippen molar-refractivity contribution >= 4 is 21.6 Å². The lowest BCUT2D eigenvalue weighted by molar-refractivity contribution is 0.260. The molecule has 1 atom stereocenters. The van der Waals surface area contributed by atoms with Gasteiger partial charge in [-0.15, -0.1) is 4.36 Å². The van der Waals surface area contributed by atoms with Crippen molar-refractivity contribution < 1.29 is 9.00 Å². The summed E-state index contributed by atoms with van der Waals surface area (Å²) in [6.45, 7) is 0. The number of carbonyl (C=O) groups excluding carboxylic acids is 1. The van der Waals surface area contributed by atoms with Crippen LogP contribution in [0.3, 0.4) is 0 Å². The van der Waals surface area contributed by atoms with Crippen LogP contribution in [0.15, 0.2) is 21.7 Å². The summed E-state index contributed by atoms with van der Waals surface area (Å²) in [7, 11) is -3.35. The number of pyridine rings is 1. The van der Waals surface area contributed by atoms with Crippen molar-refractivity contribution in [1.29, 1.82) is 0 Å². The molecule has 136 valence electrons. The molecule has 1 fully saturated rings. The Morgan fingerprint density at radius 1 is 1.27 bits per heavy atom. The lowest BCUT2D eigenvalue weighted by Gasteiger charge is -2.16. The number of aryl methyl sites for hydroxylation is 1. The SMILES string of the molecule is NS(=O)(=NC(=O)Nc1c2c(nc3c1CCC31CC1)CCC2)c1ccn[nH]1. The molecule has 0 aliphatic heterocycles. The van der Waals surface area contributed by atoms with E-state index in [1.54, 1.807) is 0 Å². The Hall–Kier alpha value is -2.26. The van der Waals surface area contributed by atoms with E-state index >= 15 is 0 Å². The molecule has 3 aliphatic rings. The van der Waals surface area contributed by atoms with Gasteiger partial charge >= 0.3 is 6.03 Å². The van der Waals surface area contributed by atoms with E-state index < -0.39 is 15.9 Å². The number of nitrogens with two attached hydrogens (primary N) is 1. The van der Waals surface area contributed by atoms with Crippen molar-refractivity contribution in [3.63, 3.8) is 0 Å². The summed E-state index contributed by atoms with van der Waals surface area (Å²) in [6, 6.07) is 0.768. The Morgan fingerprint density at radius 3 is 2.85 bits per heavy atom. The third-order valence-corrected chi connectivity index (χ3v) is 7.07. The molecule has 26 heavy (non-hydrogen) atoms. The van der Waals surface area contributed by atoms with Gasteiger partial charge in [0.2, 0.25) is 0 Å². The first-order valence-electron chi connectivity index (χ1n) is 8.89. The highest BCUT2D eigenvalue weighted by Gasteiger charge is 2.51. The van der Waals surface area contributed by atoms with Crippen molar-refractivity contribution in [3.05, 3.63) is 34.8 Å². The quantitative estimate of drug-likeness (QED) is 0.747. The van der Waals surface area contributed by atoms with Crippen molar-refractivity contribution in [3.8, 4) is 0 Å². The van der Waals surface area contributed by atoms with E-state index in [0.29, 0.717) is 0 Å². The molecule has 1 spiro atoms. The highest BCUT2D eigenvalue weighted by molar-refractivity contribution is 7.91. The minimum absolute atomic E-state index is 0.134. The van der Waals surface area contributed by atoms with Crippen LogP contribution in [-0.2, 0) is 34.6 Å². The zero-order valence-electron chi connectivity index (χ0n) is 14.2. The number of nitrogens with one attached hydrogen (secondary N) is 2. The lowest BCUT2D eigenvalue weighted by Crippen LogP contribution is -2.19. The fraction of sp³-hybridized carbons (Fsp3) is 0.471. The van der Waals surface area contributed by atoms with Crippen molar-refractivity contribution in [2.24, 2.45) is 9.50 Å². The van der Waals surface area contributed by atoms with E-state index in [1.807, 2.05) is 0 Å². The fourth-order valence-corrected chi connectivity index (χ4v) is 5.11. The van der Waals surface area contributed by atoms with Gasteiger partial charge in [0, 0.05) is 11.1 Å². The van der Waals surface area contributed by atoms with Gasteiger partial charge in [0.05, 0.1) is 17.6 Å². The van der Waals surface area contributed by atoms with E-state index in [9.17, 15) is 9.00 Å². The molecule has 2 aromatic rings. The Balaban J connectivity index is 1.54. The molecular formula is C17H20N6O2S. The van der Waals surface area contributed by atoms with Crippen LogP contribution in [0.25, 0.3) is 0 Å². The Morgan fingerprint density at radius 2 is 2.12 bits per heavy atom. The predicted molar refractivity (Wildman–Crippen MR) is 96.1 cm³/mol. The molecule has 3 aliphatic carbocycles. The highest BCUT2D eigenvalue weighted by atomic mass is 32.2. The molecule has 8 nitrogen and oxygen atoms in total. The number of hydrogen-bond donors (Lipinski definition) is 3. The molecule has 0 aromatic carbocycles. The lowest BCUT2D eigenvalue weighted by atomic mass is 10.0. The predicted octanol–water partition coefficient (Wildman–Crippen LogP) is 2.20. The van der Waals surface area contributed by atoms with Crippen LogP contribution in [0.2, 0.25) is 0 Å². The van der Waals surface area contributed by atoms with E-state index in [0.717, 1.165) is 60.3 Å². The molecule has 2 aromatic heterocycles. The van der Waals surface area contributed by atoms with Gasteiger partial charge in [-0.05, 0) is 62.1 Å². The van der Waals surface area contributed by atoms with Gasteiger partial charge in [-0.1, -0.05) is 0 Å². The van der Waals surface area contributed by atoms with E-state index in [-0.39, 0.29) is 10.4 Å². The summed E-state index contributed by atoms with van der Waals surface area (Å²) in [5, 5.41) is 15.0. The van der Waals surface area contributed by atoms with Crippen LogP contribution in [0.1, 0.15) is 48.2 Å². The topological polar surface area (TPSA) is 126 Å². The maximum Gasteiger partial charge on any atom is 0.354 e. The number of aromatic nitrogens is 3. The second kappa shape index (κ2) is 5.37. The largest absolute Gasteiger partial charge is 0.354 e. The first kappa shape index (κ1) is 16.0. The molecule has 9 heteroatoms. The molecular weight excluding hydrogens is 352 g/mol. The Bertz CT molecular complexity index is 1030. The van der Waals surface area contributed by atoms with Crippen LogP contribution < -0.4 is 10.5 Å². The Kier molecular flexibility index (Phi) is 3.29. The molecule has 1 saturated carbocycles. The summed E-state index contributed by atoms with van der Waals surface area (Å²) in [5.74, 6) is 0. The van der Waals surface area contributed by atoms with E-state index in [1.165, 1.54) is 25.1 Å². The van der Waals surface area contributed by atoms with Crippen molar-refractivity contribution in [2.45, 2.75) is 55.4 Å². The van der Waals surface area contributed by atoms with Crippen LogP contribution in [0.5, 0.6) is 0 Å². The zero-order chi connectivity index (χ0) is 17.9. The van der Waals surface area contributed by atoms with Gasteiger partial charge < -0.3 is 5.32 Å². The number of aromatic amines is 1. The normalized spacial score (nSPS) is 21.1. The first-order chi connectivity index (χ1) is 12.5. The van der Waals surface area contributed by atoms with Crippen LogP contribution in [0, 0.1) is 0 Å². The summed E-state index contributed by atoms with van der Waals surface area (Å²) in [5.41, 5.74) is 5.57. The fourth-order valence-electron chi connectivity index (χ4n) is 4.28. The van der Waals surface area contributed by atoms with Crippen LogP contribution in [-0.4, -0.2) is 25.4 Å². The minimum atomic E-state index is -3.35. The van der Waals surface area contributed by atoms with Gasteiger partial charge in [-0.3, -0.25) is 10.1 Å². The first-order valence-corrected chi connectivity index (χ1v) is 10.5. The number of nitrogens with zero attached hydrogens (tertiary/aromatic N) is 3. The van der Waals surface area contributed by atoms with E-state index in [4.69, 9.17) is 10.1 Å². The molecule has 0 bridgehead atoms. The number of hydrogen-bond acceptors (Lipinski definition) is 4. The summed E-state index contributed by atoms with van der Waals surface area (Å²) < 4.78 is 16.2. The molecule has 2 heterocycles. The molecule has 1 unspecified atom stereocenters. The number of fused-ring (bicyclic) bond motifs is 3. The highest BCUT2D eigenvalue weighted by Crippen LogP contribution is 2.58. The number of amides is 2. The van der Waals surface area contributed by atoms with Crippen molar-refractivity contribution in [1.82, 2.24) is 15.2 Å². The number of urea groups is 1. The molecule has 0 radical (unpaired) electrons. The van der Waals surface area contributed by atoms with Gasteiger partial charge in [0.15, 0.2) is 9.92 Å². The number of rotatable bonds is 2. The maximum atomic E-state index is 12.5. The summed E-state index contributed by atoms with van der Waals surface area (Å²) >= 11 is 0. The number of anilines is 1. The minimum Gasteiger partial charge on any atom is -0.305 e. The molecule has 0 saturated heterocycles. The van der Waals surface area contributed by atoms with Gasteiger partial charge in [-0.2, -0.15) is 5.10 Å². The summed E-state index contributed by atoms with van der Waals surface area (Å²) in [6.07, 6.45) is 8.69. The third-order valence-electron chi connectivity index (χ3n) is 5.78. The second-order valence-corrected chi connectivity index (χ2v) is 9.14. The van der Waals surface area contributed by atoms with E-state index in [2.05, 4.69) is 19.9 Å². The Labute approximate surface area is 151 Å². The smallest absolute Gasteiger partial charge is 0.305 e. The van der Waals surface area contributed by atoms with Gasteiger partial charge in [0.1, 0.15) is 5.03 Å². The number of H-pyrrole nitrogens is 1. The molecule has 4 N–H and O–H groups in total. The zero-order valence-corrected chi connectivity index (χ0v) is 15.1. The summed E-state index contributed by atoms with van der Waals surface area (Å²) in [4.78, 5) is 17.5. The maximum absolute atomic E-state index is 12.5. The monoisotopic (exact) mass is 372 g/mol. The van der Waals surface area contributed by atoms with Crippen LogP contribution in [0.4, 0.5) is 10.5 Å².